The first-order valence-corrected chi connectivity index (χ1v) is 10.1. The van der Waals surface area contributed by atoms with Crippen LogP contribution in [-0.2, 0) is 4.79 Å². The van der Waals surface area contributed by atoms with Crippen LogP contribution in [-0.4, -0.2) is 13.9 Å². The van der Waals surface area contributed by atoms with Gasteiger partial charge in [-0.1, -0.05) is 44.3 Å². The Kier molecular flexibility index (Phi) is 6.89. The summed E-state index contributed by atoms with van der Waals surface area (Å²) in [6.07, 6.45) is 4.83. The number of carbonyl (C=O) groups is 1. The van der Waals surface area contributed by atoms with E-state index in [1.54, 1.807) is 0 Å². The molecule has 0 aliphatic rings. The number of hydrogen-bond acceptors (Lipinski definition) is 1. The summed E-state index contributed by atoms with van der Waals surface area (Å²) >= 11 is 0. The molecule has 1 unspecified atom stereocenters. The maximum atomic E-state index is 11.7. The van der Waals surface area contributed by atoms with Gasteiger partial charge in [0.25, 0.3) is 0 Å². The third kappa shape index (κ3) is 10.2. The lowest BCUT2D eigenvalue weighted by molar-refractivity contribution is -0.119. The molecular weight excluding hydrogens is 212 g/mol. The van der Waals surface area contributed by atoms with E-state index in [4.69, 9.17) is 0 Å². The van der Waals surface area contributed by atoms with Gasteiger partial charge in [0.2, 0.25) is 0 Å². The highest BCUT2D eigenvalue weighted by Crippen LogP contribution is 2.16. The van der Waals surface area contributed by atoms with Crippen molar-refractivity contribution in [2.24, 2.45) is 5.92 Å². The van der Waals surface area contributed by atoms with E-state index < -0.39 is 8.07 Å². The van der Waals surface area contributed by atoms with Crippen LogP contribution in [0.25, 0.3) is 0 Å². The quantitative estimate of drug-likeness (QED) is 0.467. The molecule has 0 amide bonds. The van der Waals surface area contributed by atoms with Gasteiger partial charge in [-0.25, -0.2) is 0 Å². The van der Waals surface area contributed by atoms with Crippen LogP contribution in [0.15, 0.2) is 11.6 Å². The highest BCUT2D eigenvalue weighted by atomic mass is 28.3. The molecular formula is C14H28OSi. The molecule has 1 nitrogen and oxygen atoms in total. The second kappa shape index (κ2) is 7.05. The van der Waals surface area contributed by atoms with Gasteiger partial charge in [-0.15, -0.1) is 0 Å². The molecule has 0 fully saturated rings. The average Bonchev–Trinajstić information content (AvgIpc) is 2.10. The molecule has 0 aromatic carbocycles. The summed E-state index contributed by atoms with van der Waals surface area (Å²) in [5.41, 5.74) is 1.35. The number of hydrogen-bond donors (Lipinski definition) is 0. The zero-order chi connectivity index (χ0) is 12.8. The van der Waals surface area contributed by atoms with Gasteiger partial charge in [0, 0.05) is 20.9 Å². The zero-order valence-electron chi connectivity index (χ0n) is 11.9. The summed E-state index contributed by atoms with van der Waals surface area (Å²) < 4.78 is 0. The van der Waals surface area contributed by atoms with Crippen LogP contribution in [0.5, 0.6) is 0 Å². The Morgan fingerprint density at radius 2 is 1.81 bits per heavy atom. The molecule has 0 radical (unpaired) electrons. The first kappa shape index (κ1) is 15.6. The number of allylic oxidation sites excluding steroid dienone is 2. The second-order valence-corrected chi connectivity index (χ2v) is 12.0. The molecule has 0 spiro atoms. The van der Waals surface area contributed by atoms with Crippen molar-refractivity contribution in [3.8, 4) is 0 Å². The molecule has 0 saturated heterocycles. The molecule has 0 heterocycles. The normalized spacial score (nSPS) is 13.4. The maximum Gasteiger partial charge on any atom is 0.132 e. The SMILES string of the molecule is CC(C)=CCC(C)CC(=O)CC[Si](C)(C)C. The van der Waals surface area contributed by atoms with Crippen LogP contribution in [0.2, 0.25) is 25.7 Å². The second-order valence-electron chi connectivity index (χ2n) is 6.43. The van der Waals surface area contributed by atoms with E-state index in [-0.39, 0.29) is 0 Å². The van der Waals surface area contributed by atoms with Crippen LogP contribution >= 0.6 is 0 Å². The van der Waals surface area contributed by atoms with Crippen molar-refractivity contribution < 1.29 is 4.79 Å². The Morgan fingerprint density at radius 1 is 1.25 bits per heavy atom. The summed E-state index contributed by atoms with van der Waals surface area (Å²) in [6, 6.07) is 1.14. The molecule has 0 aliphatic heterocycles. The first-order valence-electron chi connectivity index (χ1n) is 6.36. The van der Waals surface area contributed by atoms with Crippen molar-refractivity contribution in [2.45, 2.75) is 65.7 Å². The van der Waals surface area contributed by atoms with Gasteiger partial charge >= 0.3 is 0 Å². The minimum absolute atomic E-state index is 0.456. The molecule has 0 rings (SSSR count). The predicted octanol–water partition coefficient (Wildman–Crippen LogP) is 4.67. The fourth-order valence-corrected chi connectivity index (χ4v) is 2.55. The molecule has 0 bridgehead atoms. The van der Waals surface area contributed by atoms with Crippen LogP contribution in [0, 0.1) is 5.92 Å². The molecule has 16 heavy (non-hydrogen) atoms. The van der Waals surface area contributed by atoms with E-state index >= 15 is 0 Å². The van der Waals surface area contributed by atoms with Gasteiger partial charge in [0.05, 0.1) is 0 Å². The predicted molar refractivity (Wildman–Crippen MR) is 75.6 cm³/mol. The molecule has 0 aromatic heterocycles. The summed E-state index contributed by atoms with van der Waals surface area (Å²) in [6.45, 7) is 13.4. The fourth-order valence-electron chi connectivity index (χ4n) is 1.53. The number of rotatable bonds is 7. The van der Waals surface area contributed by atoms with Crippen molar-refractivity contribution >= 4 is 13.9 Å². The lowest BCUT2D eigenvalue weighted by Gasteiger charge is -2.15. The number of ketones is 1. The van der Waals surface area contributed by atoms with E-state index in [0.717, 1.165) is 25.3 Å². The number of carbonyl (C=O) groups excluding carboxylic acids is 1. The summed E-state index contributed by atoms with van der Waals surface area (Å²) in [5.74, 6) is 0.959. The van der Waals surface area contributed by atoms with Crippen molar-refractivity contribution in [3.05, 3.63) is 11.6 Å². The lowest BCUT2D eigenvalue weighted by Crippen LogP contribution is -2.21. The highest BCUT2D eigenvalue weighted by Gasteiger charge is 2.16. The topological polar surface area (TPSA) is 17.1 Å². The molecule has 94 valence electrons. The highest BCUT2D eigenvalue weighted by molar-refractivity contribution is 6.76. The molecule has 0 aromatic rings. The van der Waals surface area contributed by atoms with Gasteiger partial charge in [0.1, 0.15) is 5.78 Å². The smallest absolute Gasteiger partial charge is 0.132 e. The largest absolute Gasteiger partial charge is 0.300 e. The first-order chi connectivity index (χ1) is 7.20. The molecule has 2 heteroatoms. The van der Waals surface area contributed by atoms with Crippen LogP contribution in [0.3, 0.4) is 0 Å². The van der Waals surface area contributed by atoms with E-state index in [0.29, 0.717) is 11.7 Å². The third-order valence-electron chi connectivity index (χ3n) is 2.66. The molecule has 1 atom stereocenters. The van der Waals surface area contributed by atoms with Crippen molar-refractivity contribution in [2.75, 3.05) is 0 Å². The van der Waals surface area contributed by atoms with Crippen molar-refractivity contribution in [1.82, 2.24) is 0 Å². The Labute approximate surface area is 102 Å². The van der Waals surface area contributed by atoms with Crippen LogP contribution < -0.4 is 0 Å². The molecule has 0 saturated carbocycles. The summed E-state index contributed by atoms with van der Waals surface area (Å²) in [7, 11) is -1.04. The monoisotopic (exact) mass is 240 g/mol. The van der Waals surface area contributed by atoms with E-state index in [9.17, 15) is 4.79 Å². The third-order valence-corrected chi connectivity index (χ3v) is 4.41. The maximum absolute atomic E-state index is 11.7. The average molecular weight is 240 g/mol. The lowest BCUT2D eigenvalue weighted by atomic mass is 9.99. The van der Waals surface area contributed by atoms with E-state index in [1.165, 1.54) is 5.57 Å². The summed E-state index contributed by atoms with van der Waals surface area (Å²) in [4.78, 5) is 11.7. The Morgan fingerprint density at radius 3 is 2.25 bits per heavy atom. The fraction of sp³-hybridized carbons (Fsp3) is 0.786. The number of Topliss-reactive ketones (excluding diaryl/α,β-unsaturated/α-hetero) is 1. The Balaban J connectivity index is 3.83. The van der Waals surface area contributed by atoms with Gasteiger partial charge in [-0.05, 0) is 26.2 Å². The minimum atomic E-state index is -1.04. The van der Waals surface area contributed by atoms with Gasteiger partial charge in [-0.3, -0.25) is 4.79 Å². The Bertz CT molecular complexity index is 244. The minimum Gasteiger partial charge on any atom is -0.300 e. The van der Waals surface area contributed by atoms with Gasteiger partial charge < -0.3 is 0 Å². The van der Waals surface area contributed by atoms with Gasteiger partial charge in [0.15, 0.2) is 0 Å². The Hall–Kier alpha value is -0.373. The van der Waals surface area contributed by atoms with Crippen LogP contribution in [0.4, 0.5) is 0 Å². The van der Waals surface area contributed by atoms with E-state index in [2.05, 4.69) is 46.5 Å². The molecule has 0 aliphatic carbocycles. The van der Waals surface area contributed by atoms with Crippen molar-refractivity contribution in [3.63, 3.8) is 0 Å². The zero-order valence-corrected chi connectivity index (χ0v) is 12.9. The van der Waals surface area contributed by atoms with Gasteiger partial charge in [-0.2, -0.15) is 0 Å². The van der Waals surface area contributed by atoms with E-state index in [1.807, 2.05) is 0 Å². The summed E-state index contributed by atoms with van der Waals surface area (Å²) in [5, 5.41) is 0. The standard InChI is InChI=1S/C14H28OSi/c1-12(2)7-8-13(3)11-14(15)9-10-16(4,5)6/h7,13H,8-11H2,1-6H3. The van der Waals surface area contributed by atoms with Crippen molar-refractivity contribution in [1.29, 1.82) is 0 Å². The van der Waals surface area contributed by atoms with Crippen LogP contribution in [0.1, 0.15) is 40.0 Å². The molecule has 0 N–H and O–H groups in total.